The second-order valence-electron chi connectivity index (χ2n) is 4.52. The number of rotatable bonds is 4. The Bertz CT molecular complexity index is 496. The Balaban J connectivity index is 2.28. The van der Waals surface area contributed by atoms with Gasteiger partial charge >= 0.3 is 0 Å². The summed E-state index contributed by atoms with van der Waals surface area (Å²) in [5.41, 5.74) is 0.904. The van der Waals surface area contributed by atoms with Crippen LogP contribution >= 0.6 is 0 Å². The van der Waals surface area contributed by atoms with Crippen molar-refractivity contribution in [1.82, 2.24) is 4.90 Å². The van der Waals surface area contributed by atoms with E-state index in [2.05, 4.69) is 5.32 Å². The topological polar surface area (TPSA) is 75.5 Å². The molecular formula is C13H17N3O3. The van der Waals surface area contributed by atoms with E-state index in [1.807, 2.05) is 6.92 Å². The van der Waals surface area contributed by atoms with Crippen LogP contribution in [0.25, 0.3) is 0 Å². The van der Waals surface area contributed by atoms with Crippen LogP contribution in [0.2, 0.25) is 0 Å². The molecule has 1 fully saturated rings. The third kappa shape index (κ3) is 2.83. The molecule has 1 aliphatic rings. The molecule has 1 aromatic carbocycles. The average Bonchev–Trinajstić information content (AvgIpc) is 2.91. The minimum Gasteiger partial charge on any atom is -0.380 e. The summed E-state index contributed by atoms with van der Waals surface area (Å²) in [6.07, 6.45) is 2.05. The Labute approximate surface area is 111 Å². The van der Waals surface area contributed by atoms with Gasteiger partial charge in [-0.05, 0) is 31.9 Å². The number of nitrogens with zero attached hydrogens (tertiary/aromatic N) is 2. The lowest BCUT2D eigenvalue weighted by atomic mass is 10.1. The Hall–Kier alpha value is -2.11. The highest BCUT2D eigenvalue weighted by Gasteiger charge is 2.22. The molecule has 0 atom stereocenters. The van der Waals surface area contributed by atoms with E-state index in [0.29, 0.717) is 17.8 Å². The third-order valence-electron chi connectivity index (χ3n) is 3.20. The zero-order chi connectivity index (χ0) is 13.8. The minimum absolute atomic E-state index is 0.000165. The van der Waals surface area contributed by atoms with Crippen molar-refractivity contribution in [1.29, 1.82) is 0 Å². The molecule has 0 spiro atoms. The Morgan fingerprint density at radius 2 is 2.11 bits per heavy atom. The molecule has 1 aromatic rings. The lowest BCUT2D eigenvalue weighted by Crippen LogP contribution is -2.27. The highest BCUT2D eigenvalue weighted by atomic mass is 16.6. The van der Waals surface area contributed by atoms with E-state index in [-0.39, 0.29) is 11.6 Å². The zero-order valence-corrected chi connectivity index (χ0v) is 10.9. The zero-order valence-electron chi connectivity index (χ0n) is 10.9. The smallest absolute Gasteiger partial charge is 0.292 e. The number of nitro benzene ring substituents is 1. The first-order chi connectivity index (χ1) is 9.13. The predicted molar refractivity (Wildman–Crippen MR) is 72.4 cm³/mol. The minimum atomic E-state index is -0.442. The normalized spacial score (nSPS) is 14.5. The van der Waals surface area contributed by atoms with Crippen LogP contribution in [0.3, 0.4) is 0 Å². The quantitative estimate of drug-likeness (QED) is 0.667. The van der Waals surface area contributed by atoms with Gasteiger partial charge in [0.1, 0.15) is 5.69 Å². The van der Waals surface area contributed by atoms with Crippen molar-refractivity contribution < 1.29 is 9.72 Å². The summed E-state index contributed by atoms with van der Waals surface area (Å²) in [5, 5.41) is 13.8. The summed E-state index contributed by atoms with van der Waals surface area (Å²) in [6, 6.07) is 4.49. The molecule has 0 bridgehead atoms. The van der Waals surface area contributed by atoms with Gasteiger partial charge < -0.3 is 10.2 Å². The van der Waals surface area contributed by atoms with E-state index in [0.717, 1.165) is 25.9 Å². The number of benzene rings is 1. The van der Waals surface area contributed by atoms with E-state index in [1.165, 1.54) is 12.1 Å². The first-order valence-corrected chi connectivity index (χ1v) is 6.45. The van der Waals surface area contributed by atoms with Gasteiger partial charge in [-0.1, -0.05) is 0 Å². The molecule has 102 valence electrons. The first kappa shape index (κ1) is 13.3. The van der Waals surface area contributed by atoms with Crippen LogP contribution in [-0.2, 0) is 0 Å². The van der Waals surface area contributed by atoms with Gasteiger partial charge in [0.15, 0.2) is 0 Å². The van der Waals surface area contributed by atoms with Crippen LogP contribution in [0.15, 0.2) is 18.2 Å². The van der Waals surface area contributed by atoms with Gasteiger partial charge in [0.25, 0.3) is 11.6 Å². The summed E-state index contributed by atoms with van der Waals surface area (Å²) in [5.74, 6) is -0.0495. The maximum absolute atomic E-state index is 12.2. The molecule has 1 heterocycles. The molecule has 0 aliphatic carbocycles. The fourth-order valence-corrected chi connectivity index (χ4v) is 2.26. The average molecular weight is 263 g/mol. The highest BCUT2D eigenvalue weighted by molar-refractivity contribution is 5.96. The first-order valence-electron chi connectivity index (χ1n) is 6.45. The molecule has 1 aliphatic heterocycles. The van der Waals surface area contributed by atoms with Crippen molar-refractivity contribution in [3.63, 3.8) is 0 Å². The Morgan fingerprint density at radius 1 is 1.42 bits per heavy atom. The highest BCUT2D eigenvalue weighted by Crippen LogP contribution is 2.26. The Kier molecular flexibility index (Phi) is 3.99. The van der Waals surface area contributed by atoms with Crippen LogP contribution < -0.4 is 5.32 Å². The standard InChI is InChI=1S/C13H17N3O3/c1-2-14-11-9-10(5-6-12(11)16(18)19)13(17)15-7-3-4-8-15/h5-6,9,14H,2-4,7-8H2,1H3. The SMILES string of the molecule is CCNc1cc(C(=O)N2CCCC2)ccc1[N+](=O)[O-]. The van der Waals surface area contributed by atoms with Gasteiger partial charge in [0.2, 0.25) is 0 Å². The molecule has 0 unspecified atom stereocenters. The van der Waals surface area contributed by atoms with Crippen molar-refractivity contribution in [2.24, 2.45) is 0 Å². The molecule has 0 saturated carbocycles. The van der Waals surface area contributed by atoms with Crippen LogP contribution in [0, 0.1) is 10.1 Å². The number of carbonyl (C=O) groups is 1. The van der Waals surface area contributed by atoms with E-state index >= 15 is 0 Å². The summed E-state index contributed by atoms with van der Waals surface area (Å²) in [6.45, 7) is 3.97. The maximum Gasteiger partial charge on any atom is 0.292 e. The number of likely N-dealkylation sites (tertiary alicyclic amines) is 1. The van der Waals surface area contributed by atoms with E-state index in [4.69, 9.17) is 0 Å². The summed E-state index contributed by atoms with van der Waals surface area (Å²) < 4.78 is 0. The van der Waals surface area contributed by atoms with Crippen molar-refractivity contribution in [2.45, 2.75) is 19.8 Å². The number of hydrogen-bond donors (Lipinski definition) is 1. The van der Waals surface area contributed by atoms with Crippen LogP contribution in [0.1, 0.15) is 30.1 Å². The number of nitro groups is 1. The van der Waals surface area contributed by atoms with Crippen LogP contribution in [0.5, 0.6) is 0 Å². The number of carbonyl (C=O) groups excluding carboxylic acids is 1. The molecule has 0 aromatic heterocycles. The van der Waals surface area contributed by atoms with Crippen molar-refractivity contribution >= 4 is 17.3 Å². The van der Waals surface area contributed by atoms with Crippen LogP contribution in [-0.4, -0.2) is 35.4 Å². The van der Waals surface area contributed by atoms with E-state index in [1.54, 1.807) is 11.0 Å². The van der Waals surface area contributed by atoms with Gasteiger partial charge in [0.05, 0.1) is 4.92 Å². The molecule has 0 radical (unpaired) electrons. The molecule has 19 heavy (non-hydrogen) atoms. The summed E-state index contributed by atoms with van der Waals surface area (Å²) in [7, 11) is 0. The van der Waals surface area contributed by atoms with Gasteiger partial charge in [0, 0.05) is 31.3 Å². The van der Waals surface area contributed by atoms with Crippen molar-refractivity contribution in [3.8, 4) is 0 Å². The number of amides is 1. The van der Waals surface area contributed by atoms with Gasteiger partial charge in [-0.25, -0.2) is 0 Å². The second-order valence-corrected chi connectivity index (χ2v) is 4.52. The third-order valence-corrected chi connectivity index (χ3v) is 3.20. The van der Waals surface area contributed by atoms with E-state index in [9.17, 15) is 14.9 Å². The fraction of sp³-hybridized carbons (Fsp3) is 0.462. The lowest BCUT2D eigenvalue weighted by molar-refractivity contribution is -0.384. The monoisotopic (exact) mass is 263 g/mol. The number of nitrogens with one attached hydrogen (secondary N) is 1. The van der Waals surface area contributed by atoms with Crippen molar-refractivity contribution in [3.05, 3.63) is 33.9 Å². The maximum atomic E-state index is 12.2. The van der Waals surface area contributed by atoms with Gasteiger partial charge in [-0.15, -0.1) is 0 Å². The number of anilines is 1. The predicted octanol–water partition coefficient (Wildman–Crippen LogP) is 2.26. The summed E-state index contributed by atoms with van der Waals surface area (Å²) in [4.78, 5) is 24.5. The molecule has 6 heteroatoms. The molecule has 1 saturated heterocycles. The largest absolute Gasteiger partial charge is 0.380 e. The molecular weight excluding hydrogens is 246 g/mol. The molecule has 1 N–H and O–H groups in total. The molecule has 6 nitrogen and oxygen atoms in total. The van der Waals surface area contributed by atoms with Crippen molar-refractivity contribution in [2.75, 3.05) is 25.0 Å². The second kappa shape index (κ2) is 5.69. The van der Waals surface area contributed by atoms with E-state index < -0.39 is 4.92 Å². The number of hydrogen-bond acceptors (Lipinski definition) is 4. The fourth-order valence-electron chi connectivity index (χ4n) is 2.26. The molecule has 2 rings (SSSR count). The summed E-state index contributed by atoms with van der Waals surface area (Å²) >= 11 is 0. The van der Waals surface area contributed by atoms with Gasteiger partial charge in [-0.2, -0.15) is 0 Å². The Morgan fingerprint density at radius 3 is 2.68 bits per heavy atom. The molecule has 1 amide bonds. The van der Waals surface area contributed by atoms with Gasteiger partial charge in [-0.3, -0.25) is 14.9 Å². The lowest BCUT2D eigenvalue weighted by Gasteiger charge is -2.15. The van der Waals surface area contributed by atoms with Crippen LogP contribution in [0.4, 0.5) is 11.4 Å².